The highest BCUT2D eigenvalue weighted by molar-refractivity contribution is 8.27. The van der Waals surface area contributed by atoms with Gasteiger partial charge in [0.15, 0.2) is 0 Å². The third kappa shape index (κ3) is 4.66. The van der Waals surface area contributed by atoms with E-state index in [-0.39, 0.29) is 11.8 Å². The van der Waals surface area contributed by atoms with Gasteiger partial charge in [0.25, 0.3) is 11.8 Å². The number of hydrogen-bond acceptors (Lipinski definition) is 8. The number of amides is 2. The molecule has 0 spiro atoms. The SMILES string of the molecule is O=C1NC(=S)SC1=Cc1c[nH]c2cccnc12.O=C1NC(=S)SC1=Cc1c[nH]c2cccnc12. The van der Waals surface area contributed by atoms with Gasteiger partial charge in [-0.15, -0.1) is 0 Å². The van der Waals surface area contributed by atoms with Gasteiger partial charge in [0.05, 0.1) is 31.9 Å². The fourth-order valence-electron chi connectivity index (χ4n) is 3.30. The molecule has 0 radical (unpaired) electrons. The minimum atomic E-state index is -0.148. The van der Waals surface area contributed by atoms with Crippen molar-refractivity contribution in [2.75, 3.05) is 0 Å². The predicted molar refractivity (Wildman–Crippen MR) is 145 cm³/mol. The molecule has 2 fully saturated rings. The topological polar surface area (TPSA) is 116 Å². The molecule has 4 aromatic heterocycles. The maximum Gasteiger partial charge on any atom is 0.263 e. The Kier molecular flexibility index (Phi) is 6.28. The number of pyridine rings is 2. The maximum atomic E-state index is 11.5. The first-order valence-electron chi connectivity index (χ1n) is 9.82. The number of hydrogen-bond donors (Lipinski definition) is 4. The Labute approximate surface area is 212 Å². The van der Waals surface area contributed by atoms with Gasteiger partial charge in [-0.25, -0.2) is 0 Å². The Bertz CT molecular complexity index is 1440. The molecule has 8 nitrogen and oxygen atoms in total. The van der Waals surface area contributed by atoms with Crippen molar-refractivity contribution < 1.29 is 9.59 Å². The Morgan fingerprint density at radius 2 is 1.18 bits per heavy atom. The standard InChI is InChI=1S/2C11H7N3OS2/c2*15-10-8(17-11(16)14-10)4-6-5-13-7-2-1-3-12-9(6)7/h2*1-5,13H,(H,14,15,16). The van der Waals surface area contributed by atoms with Crippen LogP contribution in [0.3, 0.4) is 0 Å². The largest absolute Gasteiger partial charge is 0.359 e. The predicted octanol–water partition coefficient (Wildman–Crippen LogP) is 4.10. The molecular formula is C22H14N6O2S4. The summed E-state index contributed by atoms with van der Waals surface area (Å²) in [4.78, 5) is 39.0. The Balaban J connectivity index is 0.000000142. The molecule has 2 amide bonds. The van der Waals surface area contributed by atoms with E-state index in [4.69, 9.17) is 24.4 Å². The van der Waals surface area contributed by atoms with E-state index in [0.29, 0.717) is 18.5 Å². The van der Waals surface area contributed by atoms with Crippen LogP contribution in [0.2, 0.25) is 0 Å². The van der Waals surface area contributed by atoms with Gasteiger partial charge in [0.1, 0.15) is 8.64 Å². The van der Waals surface area contributed by atoms with Crippen molar-refractivity contribution in [3.8, 4) is 0 Å². The molecule has 6 heterocycles. The summed E-state index contributed by atoms with van der Waals surface area (Å²) < 4.78 is 0.989. The number of thioether (sulfide) groups is 2. The zero-order chi connectivity index (χ0) is 23.7. The number of carbonyl (C=O) groups excluding carboxylic acids is 2. The van der Waals surface area contributed by atoms with Gasteiger partial charge >= 0.3 is 0 Å². The zero-order valence-corrected chi connectivity index (χ0v) is 20.4. The van der Waals surface area contributed by atoms with E-state index in [9.17, 15) is 9.59 Å². The Hall–Kier alpha value is -3.32. The van der Waals surface area contributed by atoms with E-state index in [1.165, 1.54) is 23.5 Å². The number of carbonyl (C=O) groups is 2. The lowest BCUT2D eigenvalue weighted by Crippen LogP contribution is -2.17. The second-order valence-corrected chi connectivity index (χ2v) is 10.4. The minimum absolute atomic E-state index is 0.148. The van der Waals surface area contributed by atoms with Gasteiger partial charge in [-0.05, 0) is 36.4 Å². The molecular weight excluding hydrogens is 509 g/mol. The van der Waals surface area contributed by atoms with Crippen molar-refractivity contribution in [2.45, 2.75) is 0 Å². The van der Waals surface area contributed by atoms with Crippen LogP contribution in [0.25, 0.3) is 34.2 Å². The van der Waals surface area contributed by atoms with Gasteiger partial charge in [-0.1, -0.05) is 48.0 Å². The first-order valence-corrected chi connectivity index (χ1v) is 12.3. The number of nitrogens with zero attached hydrogens (tertiary/aromatic N) is 2. The summed E-state index contributed by atoms with van der Waals surface area (Å²) in [5.41, 5.74) is 5.39. The normalized spacial score (nSPS) is 18.0. The quantitative estimate of drug-likeness (QED) is 0.230. The Morgan fingerprint density at radius 3 is 1.56 bits per heavy atom. The highest BCUT2D eigenvalue weighted by Crippen LogP contribution is 2.29. The van der Waals surface area contributed by atoms with Crippen LogP contribution in [0.15, 0.2) is 58.9 Å². The van der Waals surface area contributed by atoms with Crippen molar-refractivity contribution in [1.82, 2.24) is 30.6 Å². The van der Waals surface area contributed by atoms with Crippen molar-refractivity contribution >= 4 is 103 Å². The molecule has 0 saturated carbocycles. The van der Waals surface area contributed by atoms with Gasteiger partial charge < -0.3 is 20.6 Å². The fraction of sp³-hybridized carbons (Fsp3) is 0. The van der Waals surface area contributed by atoms with Crippen LogP contribution in [-0.2, 0) is 9.59 Å². The highest BCUT2D eigenvalue weighted by Gasteiger charge is 2.23. The van der Waals surface area contributed by atoms with Crippen molar-refractivity contribution in [1.29, 1.82) is 0 Å². The first-order chi connectivity index (χ1) is 16.5. The van der Waals surface area contributed by atoms with Crippen LogP contribution in [0.1, 0.15) is 11.1 Å². The van der Waals surface area contributed by atoms with Crippen LogP contribution >= 0.6 is 48.0 Å². The zero-order valence-electron chi connectivity index (χ0n) is 17.1. The molecule has 12 heteroatoms. The average molecular weight is 523 g/mol. The monoisotopic (exact) mass is 522 g/mol. The van der Waals surface area contributed by atoms with E-state index in [0.717, 1.165) is 33.2 Å². The molecule has 168 valence electrons. The van der Waals surface area contributed by atoms with Crippen LogP contribution in [0.5, 0.6) is 0 Å². The van der Waals surface area contributed by atoms with Gasteiger partial charge in [0, 0.05) is 35.9 Å². The lowest BCUT2D eigenvalue weighted by Gasteiger charge is -1.92. The van der Waals surface area contributed by atoms with E-state index < -0.39 is 0 Å². The van der Waals surface area contributed by atoms with Gasteiger partial charge in [-0.3, -0.25) is 19.6 Å². The van der Waals surface area contributed by atoms with E-state index >= 15 is 0 Å². The average Bonchev–Trinajstić information content (AvgIpc) is 3.57. The van der Waals surface area contributed by atoms with Crippen molar-refractivity contribution in [3.63, 3.8) is 0 Å². The van der Waals surface area contributed by atoms with Crippen LogP contribution in [0, 0.1) is 0 Å². The molecule has 34 heavy (non-hydrogen) atoms. The summed E-state index contributed by atoms with van der Waals surface area (Å²) in [7, 11) is 0. The number of aromatic nitrogens is 4. The lowest BCUT2D eigenvalue weighted by atomic mass is 10.2. The summed E-state index contributed by atoms with van der Waals surface area (Å²) in [5, 5.41) is 5.17. The molecule has 0 aliphatic carbocycles. The second-order valence-electron chi connectivity index (χ2n) is 6.99. The molecule has 6 rings (SSSR count). The first kappa shape index (κ1) is 22.5. The summed E-state index contributed by atoms with van der Waals surface area (Å²) in [6, 6.07) is 7.61. The summed E-state index contributed by atoms with van der Waals surface area (Å²) in [5.74, 6) is -0.296. The highest BCUT2D eigenvalue weighted by atomic mass is 32.2. The van der Waals surface area contributed by atoms with Gasteiger partial charge in [-0.2, -0.15) is 0 Å². The second kappa shape index (κ2) is 9.50. The summed E-state index contributed by atoms with van der Waals surface area (Å²) in [6.45, 7) is 0. The van der Waals surface area contributed by atoms with Crippen molar-refractivity contribution in [2.24, 2.45) is 0 Å². The molecule has 2 aliphatic heterocycles. The number of nitrogens with one attached hydrogen (secondary N) is 4. The molecule has 0 aromatic carbocycles. The maximum absolute atomic E-state index is 11.5. The molecule has 4 aromatic rings. The third-order valence-corrected chi connectivity index (χ3v) is 7.11. The van der Waals surface area contributed by atoms with Crippen LogP contribution < -0.4 is 10.6 Å². The lowest BCUT2D eigenvalue weighted by molar-refractivity contribution is -0.116. The molecule has 4 N–H and O–H groups in total. The molecule has 2 aliphatic rings. The molecule has 2 saturated heterocycles. The number of fused-ring (bicyclic) bond motifs is 2. The fourth-order valence-corrected chi connectivity index (χ4v) is 5.37. The number of rotatable bonds is 2. The van der Waals surface area contributed by atoms with E-state index in [1.54, 1.807) is 24.5 Å². The smallest absolute Gasteiger partial charge is 0.263 e. The summed E-state index contributed by atoms with van der Waals surface area (Å²) >= 11 is 12.4. The van der Waals surface area contributed by atoms with Crippen molar-refractivity contribution in [3.05, 3.63) is 70.0 Å². The number of H-pyrrole nitrogens is 2. The van der Waals surface area contributed by atoms with Crippen LogP contribution in [-0.4, -0.2) is 40.4 Å². The molecule has 0 unspecified atom stereocenters. The number of thiocarbonyl (C=S) groups is 2. The third-order valence-electron chi connectivity index (χ3n) is 4.79. The minimum Gasteiger partial charge on any atom is -0.359 e. The van der Waals surface area contributed by atoms with Crippen LogP contribution in [0.4, 0.5) is 0 Å². The summed E-state index contributed by atoms with van der Waals surface area (Å²) in [6.07, 6.45) is 10.7. The molecule has 0 bridgehead atoms. The van der Waals surface area contributed by atoms with E-state index in [1.807, 2.05) is 36.7 Å². The molecule has 0 atom stereocenters. The van der Waals surface area contributed by atoms with Gasteiger partial charge in [0.2, 0.25) is 0 Å². The van der Waals surface area contributed by atoms with E-state index in [2.05, 4.69) is 30.6 Å². The Morgan fingerprint density at radius 1 is 0.735 bits per heavy atom. The number of aromatic amines is 2.